The van der Waals surface area contributed by atoms with Gasteiger partial charge in [-0.25, -0.2) is 4.98 Å². The molecule has 7 nitrogen and oxygen atoms in total. The summed E-state index contributed by atoms with van der Waals surface area (Å²) in [7, 11) is 1.57. The largest absolute Gasteiger partial charge is 0.497 e. The normalized spacial score (nSPS) is 10.6. The van der Waals surface area contributed by atoms with Gasteiger partial charge in [-0.3, -0.25) is 10.1 Å². The number of oxazole rings is 1. The first-order valence-corrected chi connectivity index (χ1v) is 10.4. The van der Waals surface area contributed by atoms with Gasteiger partial charge in [0, 0.05) is 16.8 Å². The van der Waals surface area contributed by atoms with Crippen LogP contribution in [0.5, 0.6) is 11.5 Å². The molecule has 1 aromatic heterocycles. The van der Waals surface area contributed by atoms with E-state index < -0.39 is 0 Å². The molecule has 2 N–H and O–H groups in total. The molecule has 3 aromatic carbocycles. The molecule has 0 radical (unpaired) electrons. The molecular weight excluding hydrogens is 426 g/mol. The maximum absolute atomic E-state index is 12.4. The van der Waals surface area contributed by atoms with Crippen LogP contribution in [-0.4, -0.2) is 29.7 Å². The van der Waals surface area contributed by atoms with Crippen LogP contribution >= 0.6 is 12.2 Å². The minimum absolute atomic E-state index is 0.181. The number of ether oxygens (including phenoxy) is 2. The molecule has 4 aromatic rings. The smallest absolute Gasteiger partial charge is 0.257 e. The van der Waals surface area contributed by atoms with Gasteiger partial charge in [-0.2, -0.15) is 0 Å². The lowest BCUT2D eigenvalue weighted by Gasteiger charge is -2.09. The third-order valence-corrected chi connectivity index (χ3v) is 4.84. The minimum atomic E-state index is -0.314. The number of fused-ring (bicyclic) bond motifs is 1. The Balaban J connectivity index is 1.44. The molecule has 1 heterocycles. The van der Waals surface area contributed by atoms with E-state index in [9.17, 15) is 4.79 Å². The highest BCUT2D eigenvalue weighted by atomic mass is 32.1. The summed E-state index contributed by atoms with van der Waals surface area (Å²) in [6.45, 7) is 2.55. The number of anilines is 1. The predicted octanol–water partition coefficient (Wildman–Crippen LogP) is 5.03. The van der Waals surface area contributed by atoms with Crippen LogP contribution in [0.25, 0.3) is 22.6 Å². The lowest BCUT2D eigenvalue weighted by atomic mass is 10.2. The Morgan fingerprint density at radius 1 is 1.03 bits per heavy atom. The molecule has 0 aliphatic rings. The zero-order valence-corrected chi connectivity index (χ0v) is 18.4. The molecule has 8 heteroatoms. The topological polar surface area (TPSA) is 85.6 Å². The van der Waals surface area contributed by atoms with Gasteiger partial charge in [0.2, 0.25) is 5.89 Å². The molecule has 32 heavy (non-hydrogen) atoms. The number of hydrogen-bond donors (Lipinski definition) is 2. The van der Waals surface area contributed by atoms with Crippen LogP contribution in [0.15, 0.2) is 71.1 Å². The second kappa shape index (κ2) is 9.49. The molecule has 0 bridgehead atoms. The average molecular weight is 448 g/mol. The molecule has 0 unspecified atom stereocenters. The van der Waals surface area contributed by atoms with E-state index in [2.05, 4.69) is 15.6 Å². The van der Waals surface area contributed by atoms with E-state index in [1.54, 1.807) is 43.5 Å². The number of amides is 1. The SMILES string of the molecule is CCOc1ccc(-c2nc3cc(NC(=S)NC(=O)c4ccc(OC)cc4)ccc3o2)cc1. The lowest BCUT2D eigenvalue weighted by Crippen LogP contribution is -2.34. The molecule has 162 valence electrons. The number of aromatic nitrogens is 1. The van der Waals surface area contributed by atoms with Crippen molar-refractivity contribution in [2.24, 2.45) is 0 Å². The second-order valence-electron chi connectivity index (χ2n) is 6.80. The highest BCUT2D eigenvalue weighted by Gasteiger charge is 2.11. The van der Waals surface area contributed by atoms with Gasteiger partial charge in [0.05, 0.1) is 13.7 Å². The summed E-state index contributed by atoms with van der Waals surface area (Å²) >= 11 is 5.28. The van der Waals surface area contributed by atoms with Gasteiger partial charge in [-0.1, -0.05) is 0 Å². The molecule has 0 aliphatic carbocycles. The number of carbonyl (C=O) groups is 1. The summed E-state index contributed by atoms with van der Waals surface area (Å²) in [5, 5.41) is 5.85. The fraction of sp³-hybridized carbons (Fsp3) is 0.125. The number of nitrogens with zero attached hydrogens (tertiary/aromatic N) is 1. The summed E-state index contributed by atoms with van der Waals surface area (Å²) in [6.07, 6.45) is 0. The van der Waals surface area contributed by atoms with Crippen molar-refractivity contribution < 1.29 is 18.7 Å². The molecule has 0 spiro atoms. The molecule has 0 saturated heterocycles. The van der Waals surface area contributed by atoms with Crippen molar-refractivity contribution in [3.8, 4) is 23.0 Å². The first-order chi connectivity index (χ1) is 15.6. The number of hydrogen-bond acceptors (Lipinski definition) is 6. The third-order valence-electron chi connectivity index (χ3n) is 4.64. The summed E-state index contributed by atoms with van der Waals surface area (Å²) in [5.41, 5.74) is 3.32. The van der Waals surface area contributed by atoms with Crippen LogP contribution in [0.4, 0.5) is 5.69 Å². The Morgan fingerprint density at radius 2 is 1.75 bits per heavy atom. The number of thiocarbonyl (C=S) groups is 1. The van der Waals surface area contributed by atoms with Crippen molar-refractivity contribution in [3.05, 3.63) is 72.3 Å². The first kappa shape index (κ1) is 21.3. The molecule has 0 aliphatic heterocycles. The number of benzene rings is 3. The Kier molecular flexibility index (Phi) is 6.32. The summed E-state index contributed by atoms with van der Waals surface area (Å²) in [6, 6.07) is 19.7. The molecule has 1 amide bonds. The summed E-state index contributed by atoms with van der Waals surface area (Å²) in [5.74, 6) is 1.66. The van der Waals surface area contributed by atoms with E-state index in [1.807, 2.05) is 37.3 Å². The summed E-state index contributed by atoms with van der Waals surface area (Å²) < 4.78 is 16.4. The summed E-state index contributed by atoms with van der Waals surface area (Å²) in [4.78, 5) is 16.9. The highest BCUT2D eigenvalue weighted by molar-refractivity contribution is 7.80. The molecule has 0 fully saturated rings. The van der Waals surface area contributed by atoms with Gasteiger partial charge in [0.15, 0.2) is 10.7 Å². The highest BCUT2D eigenvalue weighted by Crippen LogP contribution is 2.27. The van der Waals surface area contributed by atoms with Gasteiger partial charge >= 0.3 is 0 Å². The third kappa shape index (κ3) is 4.87. The molecule has 0 saturated carbocycles. The monoisotopic (exact) mass is 447 g/mol. The van der Waals surface area contributed by atoms with Crippen LogP contribution in [0.1, 0.15) is 17.3 Å². The van der Waals surface area contributed by atoms with Gasteiger partial charge in [0.1, 0.15) is 17.0 Å². The number of nitrogens with one attached hydrogen (secondary N) is 2. The van der Waals surface area contributed by atoms with Crippen LogP contribution in [-0.2, 0) is 0 Å². The Labute approximate surface area is 190 Å². The van der Waals surface area contributed by atoms with Crippen molar-refractivity contribution in [3.63, 3.8) is 0 Å². The maximum Gasteiger partial charge on any atom is 0.257 e. The zero-order chi connectivity index (χ0) is 22.5. The number of carbonyl (C=O) groups excluding carboxylic acids is 1. The van der Waals surface area contributed by atoms with E-state index in [0.29, 0.717) is 40.6 Å². The van der Waals surface area contributed by atoms with E-state index in [1.165, 1.54) is 0 Å². The van der Waals surface area contributed by atoms with E-state index in [4.69, 9.17) is 26.1 Å². The van der Waals surface area contributed by atoms with Gasteiger partial charge < -0.3 is 19.2 Å². The van der Waals surface area contributed by atoms with Gasteiger partial charge in [0.25, 0.3) is 5.91 Å². The minimum Gasteiger partial charge on any atom is -0.497 e. The zero-order valence-electron chi connectivity index (χ0n) is 17.5. The molecular formula is C24H21N3O4S. The van der Waals surface area contributed by atoms with E-state index in [-0.39, 0.29) is 11.0 Å². The molecule has 0 atom stereocenters. The standard InChI is InChI=1S/C24H21N3O4S/c1-3-30-19-11-6-16(7-12-19)23-26-20-14-17(8-13-21(20)31-23)25-24(32)27-22(28)15-4-9-18(29-2)10-5-15/h4-14H,3H2,1-2H3,(H2,25,27,28,32). The van der Waals surface area contributed by atoms with Crippen LogP contribution in [0.3, 0.4) is 0 Å². The number of methoxy groups -OCH3 is 1. The second-order valence-corrected chi connectivity index (χ2v) is 7.20. The van der Waals surface area contributed by atoms with E-state index >= 15 is 0 Å². The maximum atomic E-state index is 12.4. The van der Waals surface area contributed by atoms with Crippen LogP contribution in [0, 0.1) is 0 Å². The van der Waals surface area contributed by atoms with Gasteiger partial charge in [-0.05, 0) is 85.9 Å². The van der Waals surface area contributed by atoms with Crippen molar-refractivity contribution in [2.75, 3.05) is 19.0 Å². The van der Waals surface area contributed by atoms with Crippen molar-refractivity contribution >= 4 is 40.0 Å². The predicted molar refractivity (Wildman–Crippen MR) is 127 cm³/mol. The quantitative estimate of drug-likeness (QED) is 0.401. The van der Waals surface area contributed by atoms with Crippen LogP contribution < -0.4 is 20.1 Å². The first-order valence-electron chi connectivity index (χ1n) is 9.96. The van der Waals surface area contributed by atoms with Crippen molar-refractivity contribution in [2.45, 2.75) is 6.92 Å². The Morgan fingerprint density at radius 3 is 2.44 bits per heavy atom. The Hall–Kier alpha value is -3.91. The van der Waals surface area contributed by atoms with Crippen molar-refractivity contribution in [1.29, 1.82) is 0 Å². The van der Waals surface area contributed by atoms with Gasteiger partial charge in [-0.15, -0.1) is 0 Å². The molecule has 4 rings (SSSR count). The fourth-order valence-corrected chi connectivity index (χ4v) is 3.28. The number of rotatable bonds is 6. The van der Waals surface area contributed by atoms with Crippen molar-refractivity contribution in [1.82, 2.24) is 10.3 Å². The fourth-order valence-electron chi connectivity index (χ4n) is 3.07. The Bertz CT molecular complexity index is 1250. The lowest BCUT2D eigenvalue weighted by molar-refractivity contribution is 0.0977. The van der Waals surface area contributed by atoms with Crippen LogP contribution in [0.2, 0.25) is 0 Å². The van der Waals surface area contributed by atoms with E-state index in [0.717, 1.165) is 11.3 Å². The average Bonchev–Trinajstić information content (AvgIpc) is 3.23.